The van der Waals surface area contributed by atoms with Gasteiger partial charge in [0.25, 0.3) is 5.91 Å². The number of carbonyl (C=O) groups excluding carboxylic acids is 3. The predicted octanol–water partition coefficient (Wildman–Crippen LogP) is 2.94. The van der Waals surface area contributed by atoms with Gasteiger partial charge >= 0.3 is 5.97 Å². The Labute approximate surface area is 230 Å². The zero-order valence-electron chi connectivity index (χ0n) is 21.5. The summed E-state index contributed by atoms with van der Waals surface area (Å²) in [4.78, 5) is 42.6. The highest BCUT2D eigenvalue weighted by Crippen LogP contribution is 2.29. The zero-order valence-corrected chi connectivity index (χ0v) is 22.3. The minimum Gasteiger partial charge on any atom is -0.466 e. The lowest BCUT2D eigenvalue weighted by atomic mass is 10.0. The molecule has 1 aromatic heterocycles. The summed E-state index contributed by atoms with van der Waals surface area (Å²) in [6.45, 7) is 2.99. The molecule has 4 N–H and O–H groups in total. The third-order valence-corrected chi connectivity index (χ3v) is 7.67. The van der Waals surface area contributed by atoms with Crippen LogP contribution >= 0.6 is 11.3 Å². The van der Waals surface area contributed by atoms with Gasteiger partial charge in [-0.1, -0.05) is 24.3 Å². The number of thiophene rings is 1. The van der Waals surface area contributed by atoms with Crippen LogP contribution in [0, 0.1) is 16.7 Å². The van der Waals surface area contributed by atoms with Crippen LogP contribution in [0.5, 0.6) is 0 Å². The summed E-state index contributed by atoms with van der Waals surface area (Å²) >= 11 is 1.57. The Kier molecular flexibility index (Phi) is 8.74. The van der Waals surface area contributed by atoms with Gasteiger partial charge < -0.3 is 20.7 Å². The van der Waals surface area contributed by atoms with Crippen molar-refractivity contribution >= 4 is 35.0 Å². The number of benzene rings is 2. The zero-order chi connectivity index (χ0) is 27.9. The van der Waals surface area contributed by atoms with Crippen LogP contribution in [0.3, 0.4) is 0 Å². The van der Waals surface area contributed by atoms with Crippen LogP contribution in [-0.2, 0) is 40.1 Å². The van der Waals surface area contributed by atoms with Crippen molar-refractivity contribution in [3.05, 3.63) is 92.2 Å². The Morgan fingerprint density at radius 2 is 1.85 bits per heavy atom. The lowest BCUT2D eigenvalue weighted by Crippen LogP contribution is -2.50. The van der Waals surface area contributed by atoms with E-state index in [1.54, 1.807) is 71.7 Å². The van der Waals surface area contributed by atoms with Crippen molar-refractivity contribution in [1.82, 2.24) is 10.2 Å². The number of fused-ring (bicyclic) bond motifs is 1. The Balaban J connectivity index is 1.52. The van der Waals surface area contributed by atoms with E-state index in [9.17, 15) is 14.4 Å². The van der Waals surface area contributed by atoms with Crippen molar-refractivity contribution in [2.45, 2.75) is 38.8 Å². The maximum atomic E-state index is 13.8. The van der Waals surface area contributed by atoms with Gasteiger partial charge in [0.1, 0.15) is 11.9 Å². The molecule has 0 saturated carbocycles. The number of nitrogens with zero attached hydrogens (tertiary/aromatic N) is 2. The fourth-order valence-corrected chi connectivity index (χ4v) is 5.59. The molecule has 1 aliphatic rings. The molecule has 0 fully saturated rings. The summed E-state index contributed by atoms with van der Waals surface area (Å²) < 4.78 is 5.06. The van der Waals surface area contributed by atoms with Crippen LogP contribution in [0.25, 0.3) is 0 Å². The molecule has 1 aliphatic heterocycles. The number of nitrogen functional groups attached to an aromatic ring is 1. The van der Waals surface area contributed by atoms with Gasteiger partial charge in [-0.2, -0.15) is 5.26 Å². The van der Waals surface area contributed by atoms with Crippen LogP contribution in [0.15, 0.2) is 54.6 Å². The number of nitrogens with two attached hydrogens (primary N) is 1. The molecule has 0 aliphatic carbocycles. The number of ether oxygens (including phenoxy) is 1. The first-order chi connectivity index (χ1) is 18.8. The molecule has 2 amide bonds. The van der Waals surface area contributed by atoms with E-state index in [4.69, 9.17) is 21.1 Å². The van der Waals surface area contributed by atoms with Crippen LogP contribution in [0.2, 0.25) is 0 Å². The summed E-state index contributed by atoms with van der Waals surface area (Å²) in [5.41, 5.74) is 8.68. The summed E-state index contributed by atoms with van der Waals surface area (Å²) in [6, 6.07) is 16.4. The molecule has 2 heterocycles. The van der Waals surface area contributed by atoms with E-state index < -0.39 is 11.9 Å². The van der Waals surface area contributed by atoms with Crippen molar-refractivity contribution in [3.63, 3.8) is 0 Å². The molecule has 0 bridgehead atoms. The number of nitriles is 1. The highest BCUT2D eigenvalue weighted by molar-refractivity contribution is 7.12. The van der Waals surface area contributed by atoms with E-state index >= 15 is 0 Å². The normalized spacial score (nSPS) is 13.1. The number of esters is 1. The van der Waals surface area contributed by atoms with Gasteiger partial charge in [0.2, 0.25) is 5.91 Å². The van der Waals surface area contributed by atoms with Crippen molar-refractivity contribution in [2.24, 2.45) is 5.73 Å². The van der Waals surface area contributed by atoms with Gasteiger partial charge in [-0.05, 0) is 54.8 Å². The fourth-order valence-electron chi connectivity index (χ4n) is 4.44. The van der Waals surface area contributed by atoms with Gasteiger partial charge in [0.05, 0.1) is 24.7 Å². The van der Waals surface area contributed by atoms with Gasteiger partial charge in [0, 0.05) is 40.4 Å². The third kappa shape index (κ3) is 6.89. The third-order valence-electron chi connectivity index (χ3n) is 6.44. The second-order valence-electron chi connectivity index (χ2n) is 9.18. The first-order valence-corrected chi connectivity index (χ1v) is 13.4. The summed E-state index contributed by atoms with van der Waals surface area (Å²) in [7, 11) is 0. The Hall–Kier alpha value is -4.49. The van der Waals surface area contributed by atoms with E-state index in [1.165, 1.54) is 0 Å². The number of rotatable bonds is 9. The maximum Gasteiger partial charge on any atom is 0.311 e. The van der Waals surface area contributed by atoms with E-state index in [0.29, 0.717) is 42.8 Å². The van der Waals surface area contributed by atoms with Crippen molar-refractivity contribution in [1.29, 1.82) is 10.7 Å². The number of carbonyl (C=O) groups is 3. The van der Waals surface area contributed by atoms with Crippen LogP contribution < -0.4 is 11.1 Å². The van der Waals surface area contributed by atoms with Crippen molar-refractivity contribution in [2.75, 3.05) is 13.2 Å². The Morgan fingerprint density at radius 1 is 1.15 bits per heavy atom. The van der Waals surface area contributed by atoms with E-state index in [1.807, 2.05) is 6.07 Å². The summed E-state index contributed by atoms with van der Waals surface area (Å²) in [5.74, 6) is -0.997. The molecule has 0 radical (unpaired) electrons. The lowest BCUT2D eigenvalue weighted by Gasteiger charge is -2.31. The number of amides is 2. The Bertz CT molecular complexity index is 1420. The summed E-state index contributed by atoms with van der Waals surface area (Å²) in [5, 5.41) is 19.5. The van der Waals surface area contributed by atoms with Crippen molar-refractivity contribution < 1.29 is 19.1 Å². The summed E-state index contributed by atoms with van der Waals surface area (Å²) in [6.07, 6.45) is 1.13. The lowest BCUT2D eigenvalue weighted by molar-refractivity contribution is -0.142. The minimum atomic E-state index is -0.836. The molecular weight excluding hydrogens is 514 g/mol. The Morgan fingerprint density at radius 3 is 2.49 bits per heavy atom. The van der Waals surface area contributed by atoms with Crippen molar-refractivity contribution in [3.8, 4) is 6.07 Å². The average molecular weight is 544 g/mol. The largest absolute Gasteiger partial charge is 0.466 e. The number of hydrogen-bond donors (Lipinski definition) is 3. The van der Waals surface area contributed by atoms with E-state index in [-0.39, 0.29) is 30.6 Å². The molecule has 0 spiro atoms. The molecule has 2 aromatic carbocycles. The van der Waals surface area contributed by atoms with Crippen LogP contribution in [-0.4, -0.2) is 47.7 Å². The smallest absolute Gasteiger partial charge is 0.311 e. The van der Waals surface area contributed by atoms with Gasteiger partial charge in [-0.25, -0.2) is 0 Å². The number of hydrogen-bond acceptors (Lipinski definition) is 7. The molecular formula is C29H29N5O4S. The first-order valence-electron chi connectivity index (χ1n) is 12.6. The standard InChI is InChI=1S/C29H29N5O4S/c1-2-38-26(35)15-23-14-22-17-34(12-11-25(22)39-23)29(37)24(13-18-3-5-19(16-30)6-4-18)33-28(36)21-9-7-20(8-10-21)27(31)32/h3-10,14,24H,2,11-13,15,17H2,1H3,(H3,31,32)(H,33,36). The maximum absolute atomic E-state index is 13.8. The second-order valence-corrected chi connectivity index (χ2v) is 10.4. The topological polar surface area (TPSA) is 149 Å². The molecule has 1 atom stereocenters. The van der Waals surface area contributed by atoms with Gasteiger partial charge in [0.15, 0.2) is 0 Å². The number of nitrogens with one attached hydrogen (secondary N) is 2. The minimum absolute atomic E-state index is 0.0980. The molecule has 39 heavy (non-hydrogen) atoms. The molecule has 200 valence electrons. The first kappa shape index (κ1) is 27.5. The van der Waals surface area contributed by atoms with E-state index in [0.717, 1.165) is 20.9 Å². The molecule has 0 saturated heterocycles. The van der Waals surface area contributed by atoms with Crippen LogP contribution in [0.4, 0.5) is 0 Å². The monoisotopic (exact) mass is 543 g/mol. The van der Waals surface area contributed by atoms with Gasteiger partial charge in [-0.3, -0.25) is 19.8 Å². The highest BCUT2D eigenvalue weighted by Gasteiger charge is 2.30. The van der Waals surface area contributed by atoms with E-state index in [2.05, 4.69) is 11.4 Å². The molecule has 4 rings (SSSR count). The average Bonchev–Trinajstić information content (AvgIpc) is 3.34. The highest BCUT2D eigenvalue weighted by atomic mass is 32.1. The molecule has 9 nitrogen and oxygen atoms in total. The molecule has 3 aromatic rings. The number of amidine groups is 1. The SMILES string of the molecule is CCOC(=O)Cc1cc2c(s1)CCN(C(=O)C(Cc1ccc(C#N)cc1)NC(=O)c1ccc(C(=N)N)cc1)C2. The van der Waals surface area contributed by atoms with Crippen LogP contribution in [0.1, 0.15) is 49.3 Å². The quantitative estimate of drug-likeness (QED) is 0.215. The van der Waals surface area contributed by atoms with Gasteiger partial charge in [-0.15, -0.1) is 11.3 Å². The predicted molar refractivity (Wildman–Crippen MR) is 147 cm³/mol. The molecule has 1 unspecified atom stereocenters. The second kappa shape index (κ2) is 12.4. The molecule has 10 heteroatoms. The fraction of sp³-hybridized carbons (Fsp3) is 0.276.